The second-order valence-corrected chi connectivity index (χ2v) is 8.20. The molecule has 0 radical (unpaired) electrons. The first kappa shape index (κ1) is 16.0. The van der Waals surface area contributed by atoms with Gasteiger partial charge in [0.1, 0.15) is 0 Å². The molecular weight excluding hydrogens is 310 g/mol. The predicted molar refractivity (Wildman–Crippen MR) is 91.6 cm³/mol. The van der Waals surface area contributed by atoms with Crippen molar-refractivity contribution in [1.29, 1.82) is 0 Å². The third-order valence-electron chi connectivity index (χ3n) is 4.32. The smallest absolute Gasteiger partial charge is 0.175 e. The van der Waals surface area contributed by atoms with Crippen LogP contribution in [-0.2, 0) is 16.3 Å². The lowest BCUT2D eigenvalue weighted by Crippen LogP contribution is -2.26. The van der Waals surface area contributed by atoms with Crippen LogP contribution in [0, 0.1) is 6.92 Å². The molecule has 0 saturated heterocycles. The van der Waals surface area contributed by atoms with Crippen molar-refractivity contribution in [3.63, 3.8) is 0 Å². The summed E-state index contributed by atoms with van der Waals surface area (Å²) in [6, 6.07) is 12.9. The zero-order valence-electron chi connectivity index (χ0n) is 13.4. The van der Waals surface area contributed by atoms with Crippen LogP contribution in [-0.4, -0.2) is 32.9 Å². The minimum atomic E-state index is -3.20. The van der Waals surface area contributed by atoms with Crippen molar-refractivity contribution < 1.29 is 13.5 Å². The third kappa shape index (κ3) is 3.41. The Kier molecular flexibility index (Phi) is 4.17. The van der Waals surface area contributed by atoms with Gasteiger partial charge in [0.05, 0.1) is 11.0 Å². The van der Waals surface area contributed by atoms with E-state index in [2.05, 4.69) is 30.0 Å². The van der Waals surface area contributed by atoms with E-state index in [1.165, 1.54) is 23.1 Å². The lowest BCUT2D eigenvalue weighted by atomic mass is 10.1. The number of rotatable bonds is 4. The minimum absolute atomic E-state index is 0.274. The van der Waals surface area contributed by atoms with Crippen LogP contribution >= 0.6 is 0 Å². The normalized spacial score (nSPS) is 15.5. The van der Waals surface area contributed by atoms with E-state index in [1.54, 1.807) is 24.3 Å². The van der Waals surface area contributed by atoms with Crippen molar-refractivity contribution >= 4 is 15.5 Å². The van der Waals surface area contributed by atoms with E-state index in [0.29, 0.717) is 6.54 Å². The molecule has 122 valence electrons. The highest BCUT2D eigenvalue weighted by Crippen LogP contribution is 2.30. The van der Waals surface area contributed by atoms with Crippen molar-refractivity contribution in [3.8, 4) is 0 Å². The molecule has 2 aromatic rings. The standard InChI is InChI=1S/C18H21NO3S/c1-13-3-4-14-9-10-19(17(14)11-13)12-18(20)15-5-7-16(8-6-15)23(2,21)22/h3-8,11,18,20H,9-10,12H2,1-2H3. The number of hydrogen-bond acceptors (Lipinski definition) is 4. The molecule has 4 nitrogen and oxygen atoms in total. The third-order valence-corrected chi connectivity index (χ3v) is 5.45. The van der Waals surface area contributed by atoms with E-state index < -0.39 is 15.9 Å². The van der Waals surface area contributed by atoms with Crippen LogP contribution < -0.4 is 4.90 Å². The number of fused-ring (bicyclic) bond motifs is 1. The number of hydrogen-bond donors (Lipinski definition) is 1. The molecule has 1 atom stereocenters. The SMILES string of the molecule is Cc1ccc2c(c1)N(CC(O)c1ccc(S(C)(=O)=O)cc1)CC2. The molecule has 23 heavy (non-hydrogen) atoms. The molecule has 0 spiro atoms. The number of benzene rings is 2. The summed E-state index contributed by atoms with van der Waals surface area (Å²) in [4.78, 5) is 2.47. The largest absolute Gasteiger partial charge is 0.387 e. The van der Waals surface area contributed by atoms with Gasteiger partial charge in [-0.15, -0.1) is 0 Å². The molecule has 1 N–H and O–H groups in total. The Morgan fingerprint density at radius 1 is 1.17 bits per heavy atom. The summed E-state index contributed by atoms with van der Waals surface area (Å²) < 4.78 is 23.0. The Labute approximate surface area is 137 Å². The fourth-order valence-electron chi connectivity index (χ4n) is 3.00. The van der Waals surface area contributed by atoms with Gasteiger partial charge >= 0.3 is 0 Å². The summed E-state index contributed by atoms with van der Waals surface area (Å²) in [5, 5.41) is 10.5. The lowest BCUT2D eigenvalue weighted by Gasteiger charge is -2.23. The topological polar surface area (TPSA) is 57.6 Å². The van der Waals surface area contributed by atoms with Crippen molar-refractivity contribution in [2.45, 2.75) is 24.3 Å². The van der Waals surface area contributed by atoms with E-state index in [4.69, 9.17) is 0 Å². The van der Waals surface area contributed by atoms with Gasteiger partial charge in [-0.2, -0.15) is 0 Å². The first-order valence-corrected chi connectivity index (χ1v) is 9.56. The molecule has 0 amide bonds. The van der Waals surface area contributed by atoms with Gasteiger partial charge in [-0.3, -0.25) is 0 Å². The molecule has 3 rings (SSSR count). The van der Waals surface area contributed by atoms with Crippen LogP contribution in [0.15, 0.2) is 47.4 Å². The second-order valence-electron chi connectivity index (χ2n) is 6.19. The molecule has 1 unspecified atom stereocenters. The molecule has 0 saturated carbocycles. The summed E-state index contributed by atoms with van der Waals surface area (Å²) in [5.41, 5.74) is 4.45. The fourth-order valence-corrected chi connectivity index (χ4v) is 3.63. The Hall–Kier alpha value is -1.85. The Bertz CT molecular complexity index is 813. The zero-order valence-corrected chi connectivity index (χ0v) is 14.2. The highest BCUT2D eigenvalue weighted by Gasteiger charge is 2.22. The average Bonchev–Trinajstić information content (AvgIpc) is 2.89. The maximum Gasteiger partial charge on any atom is 0.175 e. The Morgan fingerprint density at radius 3 is 2.52 bits per heavy atom. The molecular formula is C18H21NO3S. The number of aryl methyl sites for hydroxylation is 1. The first-order valence-electron chi connectivity index (χ1n) is 7.67. The second kappa shape index (κ2) is 5.98. The van der Waals surface area contributed by atoms with Crippen molar-refractivity contribution in [2.24, 2.45) is 0 Å². The summed E-state index contributed by atoms with van der Waals surface area (Å²) in [5.74, 6) is 0. The number of nitrogens with zero attached hydrogens (tertiary/aromatic N) is 1. The van der Waals surface area contributed by atoms with Gasteiger partial charge in [-0.1, -0.05) is 24.3 Å². The molecule has 5 heteroatoms. The number of aliphatic hydroxyl groups excluding tert-OH is 1. The van der Waals surface area contributed by atoms with E-state index in [-0.39, 0.29) is 4.90 Å². The predicted octanol–water partition coefficient (Wildman–Crippen LogP) is 2.49. The van der Waals surface area contributed by atoms with Gasteiger partial charge in [0.2, 0.25) is 0 Å². The quantitative estimate of drug-likeness (QED) is 0.935. The maximum atomic E-state index is 11.5. The van der Waals surface area contributed by atoms with Gasteiger partial charge in [0.15, 0.2) is 9.84 Å². The Morgan fingerprint density at radius 2 is 1.87 bits per heavy atom. The van der Waals surface area contributed by atoms with E-state index >= 15 is 0 Å². The van der Waals surface area contributed by atoms with Crippen molar-refractivity contribution in [1.82, 2.24) is 0 Å². The minimum Gasteiger partial charge on any atom is -0.387 e. The molecule has 0 fully saturated rings. The highest BCUT2D eigenvalue weighted by atomic mass is 32.2. The summed E-state index contributed by atoms with van der Waals surface area (Å²) in [6.07, 6.45) is 1.53. The van der Waals surface area contributed by atoms with E-state index in [0.717, 1.165) is 18.5 Å². The highest BCUT2D eigenvalue weighted by molar-refractivity contribution is 7.90. The fraction of sp³-hybridized carbons (Fsp3) is 0.333. The van der Waals surface area contributed by atoms with Gasteiger partial charge in [-0.25, -0.2) is 8.42 Å². The van der Waals surface area contributed by atoms with Gasteiger partial charge in [0.25, 0.3) is 0 Å². The molecule has 2 aromatic carbocycles. The first-order chi connectivity index (χ1) is 10.8. The van der Waals surface area contributed by atoms with Crippen LogP contribution in [0.1, 0.15) is 22.8 Å². The Balaban J connectivity index is 1.76. The van der Waals surface area contributed by atoms with Crippen LogP contribution in [0.2, 0.25) is 0 Å². The summed E-state index contributed by atoms with van der Waals surface area (Å²) in [7, 11) is -3.20. The van der Waals surface area contributed by atoms with Crippen LogP contribution in [0.4, 0.5) is 5.69 Å². The summed E-state index contributed by atoms with van der Waals surface area (Å²) >= 11 is 0. The monoisotopic (exact) mass is 331 g/mol. The number of aliphatic hydroxyl groups is 1. The molecule has 1 aliphatic rings. The molecule has 0 aromatic heterocycles. The van der Waals surface area contributed by atoms with Gasteiger partial charge in [-0.05, 0) is 48.2 Å². The van der Waals surface area contributed by atoms with Crippen LogP contribution in [0.5, 0.6) is 0 Å². The zero-order chi connectivity index (χ0) is 16.6. The maximum absolute atomic E-state index is 11.5. The van der Waals surface area contributed by atoms with E-state index in [1.807, 2.05) is 0 Å². The van der Waals surface area contributed by atoms with Crippen LogP contribution in [0.25, 0.3) is 0 Å². The molecule has 1 heterocycles. The average molecular weight is 331 g/mol. The van der Waals surface area contributed by atoms with Gasteiger partial charge < -0.3 is 10.0 Å². The summed E-state index contributed by atoms with van der Waals surface area (Å²) in [6.45, 7) is 3.48. The molecule has 0 aliphatic carbocycles. The lowest BCUT2D eigenvalue weighted by molar-refractivity contribution is 0.184. The van der Waals surface area contributed by atoms with Crippen molar-refractivity contribution in [3.05, 3.63) is 59.2 Å². The van der Waals surface area contributed by atoms with Crippen molar-refractivity contribution in [2.75, 3.05) is 24.2 Å². The van der Waals surface area contributed by atoms with E-state index in [9.17, 15) is 13.5 Å². The molecule has 0 bridgehead atoms. The number of anilines is 1. The van der Waals surface area contributed by atoms with Gasteiger partial charge in [0, 0.05) is 25.0 Å². The molecule has 1 aliphatic heterocycles. The number of β-amino-alcohol motifs (C(OH)–C–C–N with tert-alkyl or cyclic N) is 1. The van der Waals surface area contributed by atoms with Crippen LogP contribution in [0.3, 0.4) is 0 Å². The number of sulfone groups is 1.